The summed E-state index contributed by atoms with van der Waals surface area (Å²) in [6.07, 6.45) is 2.38. The third kappa shape index (κ3) is 3.81. The van der Waals surface area contributed by atoms with Crippen molar-refractivity contribution in [1.82, 2.24) is 9.80 Å². The van der Waals surface area contributed by atoms with E-state index in [1.807, 2.05) is 28.0 Å². The average molecular weight is 403 g/mol. The second-order valence-corrected chi connectivity index (χ2v) is 8.32. The molecule has 1 spiro atoms. The number of aliphatic hydroxyl groups excluding tert-OH is 1. The van der Waals surface area contributed by atoms with Gasteiger partial charge in [0.25, 0.3) is 11.8 Å². The number of aliphatic hydroxyl groups is 1. The van der Waals surface area contributed by atoms with Crippen LogP contribution in [0, 0.1) is 16.7 Å². The summed E-state index contributed by atoms with van der Waals surface area (Å²) in [7, 11) is 0. The molecule has 2 aromatic rings. The van der Waals surface area contributed by atoms with Crippen LogP contribution in [0.2, 0.25) is 0 Å². The molecule has 2 heterocycles. The normalized spacial score (nSPS) is 20.2. The van der Waals surface area contributed by atoms with Gasteiger partial charge in [0, 0.05) is 30.8 Å². The number of rotatable bonds is 3. The van der Waals surface area contributed by atoms with E-state index in [-0.39, 0.29) is 29.9 Å². The SMILES string of the molecule is N#Cc1ccc(C(=O)N2CCC3(CC2)CC(CO)N(C(=O)c2ccccc2)C3)cc1. The van der Waals surface area contributed by atoms with Gasteiger partial charge in [-0.15, -0.1) is 0 Å². The van der Waals surface area contributed by atoms with Crippen LogP contribution in [0.15, 0.2) is 54.6 Å². The second-order valence-electron chi connectivity index (χ2n) is 8.32. The number of nitrogens with zero attached hydrogens (tertiary/aromatic N) is 3. The smallest absolute Gasteiger partial charge is 0.254 e. The summed E-state index contributed by atoms with van der Waals surface area (Å²) >= 11 is 0. The molecule has 2 aliphatic heterocycles. The quantitative estimate of drug-likeness (QED) is 0.854. The Bertz CT molecular complexity index is 957. The number of likely N-dealkylation sites (tertiary alicyclic amines) is 2. The molecule has 2 aliphatic rings. The molecule has 6 nitrogen and oxygen atoms in total. The molecule has 30 heavy (non-hydrogen) atoms. The van der Waals surface area contributed by atoms with E-state index in [2.05, 4.69) is 6.07 Å². The molecule has 1 unspecified atom stereocenters. The fourth-order valence-electron chi connectivity index (χ4n) is 4.73. The van der Waals surface area contributed by atoms with Gasteiger partial charge >= 0.3 is 0 Å². The molecule has 4 rings (SSSR count). The second kappa shape index (κ2) is 8.29. The van der Waals surface area contributed by atoms with Crippen molar-refractivity contribution in [2.45, 2.75) is 25.3 Å². The first-order valence-corrected chi connectivity index (χ1v) is 10.3. The van der Waals surface area contributed by atoms with Crippen molar-refractivity contribution in [2.75, 3.05) is 26.2 Å². The summed E-state index contributed by atoms with van der Waals surface area (Å²) < 4.78 is 0. The third-order valence-electron chi connectivity index (χ3n) is 6.48. The minimum atomic E-state index is -0.182. The van der Waals surface area contributed by atoms with Crippen molar-refractivity contribution < 1.29 is 14.7 Å². The van der Waals surface area contributed by atoms with Crippen LogP contribution in [0.4, 0.5) is 0 Å². The molecule has 0 radical (unpaired) electrons. The molecule has 0 bridgehead atoms. The molecular weight excluding hydrogens is 378 g/mol. The van der Waals surface area contributed by atoms with Gasteiger partial charge in [0.2, 0.25) is 0 Å². The van der Waals surface area contributed by atoms with Gasteiger partial charge in [-0.1, -0.05) is 18.2 Å². The van der Waals surface area contributed by atoms with Crippen LogP contribution in [0.1, 0.15) is 45.5 Å². The van der Waals surface area contributed by atoms with E-state index in [1.54, 1.807) is 36.4 Å². The van der Waals surface area contributed by atoms with Gasteiger partial charge in [-0.3, -0.25) is 9.59 Å². The van der Waals surface area contributed by atoms with Crippen molar-refractivity contribution in [3.8, 4) is 6.07 Å². The fourth-order valence-corrected chi connectivity index (χ4v) is 4.73. The monoisotopic (exact) mass is 403 g/mol. The zero-order valence-electron chi connectivity index (χ0n) is 16.8. The van der Waals surface area contributed by atoms with E-state index in [9.17, 15) is 14.7 Å². The van der Waals surface area contributed by atoms with Gasteiger partial charge in [-0.05, 0) is 61.1 Å². The number of nitriles is 1. The molecule has 6 heteroatoms. The highest BCUT2D eigenvalue weighted by Gasteiger charge is 2.47. The molecule has 1 atom stereocenters. The van der Waals surface area contributed by atoms with Crippen molar-refractivity contribution >= 4 is 11.8 Å². The Balaban J connectivity index is 1.43. The molecule has 0 aliphatic carbocycles. The first-order chi connectivity index (χ1) is 14.5. The van der Waals surface area contributed by atoms with Crippen LogP contribution in [0.25, 0.3) is 0 Å². The van der Waals surface area contributed by atoms with Crippen LogP contribution in [0.3, 0.4) is 0 Å². The van der Waals surface area contributed by atoms with Crippen LogP contribution in [0.5, 0.6) is 0 Å². The van der Waals surface area contributed by atoms with E-state index < -0.39 is 0 Å². The Kier molecular flexibility index (Phi) is 5.56. The van der Waals surface area contributed by atoms with E-state index >= 15 is 0 Å². The zero-order valence-corrected chi connectivity index (χ0v) is 16.8. The highest BCUT2D eigenvalue weighted by Crippen LogP contribution is 2.44. The molecule has 2 fully saturated rings. The van der Waals surface area contributed by atoms with Gasteiger partial charge < -0.3 is 14.9 Å². The summed E-state index contributed by atoms with van der Waals surface area (Å²) in [5.41, 5.74) is 1.71. The number of hydrogen-bond donors (Lipinski definition) is 1. The number of amides is 2. The molecule has 2 saturated heterocycles. The standard InChI is InChI=1S/C24H25N3O3/c25-15-18-6-8-20(9-7-18)22(29)26-12-10-24(11-13-26)14-21(16-28)27(17-24)23(30)19-4-2-1-3-5-19/h1-9,21,28H,10-14,16-17H2. The largest absolute Gasteiger partial charge is 0.394 e. The molecule has 0 aromatic heterocycles. The molecule has 0 saturated carbocycles. The van der Waals surface area contributed by atoms with Crippen LogP contribution >= 0.6 is 0 Å². The lowest BCUT2D eigenvalue weighted by Gasteiger charge is -2.39. The predicted octanol–water partition coefficient (Wildman–Crippen LogP) is 2.69. The van der Waals surface area contributed by atoms with Gasteiger partial charge in [0.15, 0.2) is 0 Å². The maximum Gasteiger partial charge on any atom is 0.254 e. The minimum absolute atomic E-state index is 0.0248. The van der Waals surface area contributed by atoms with E-state index in [1.165, 1.54) is 0 Å². The maximum absolute atomic E-state index is 13.0. The van der Waals surface area contributed by atoms with Crippen molar-refractivity contribution in [3.63, 3.8) is 0 Å². The van der Waals surface area contributed by atoms with Gasteiger partial charge in [0.1, 0.15) is 0 Å². The first kappa shape index (κ1) is 20.1. The Morgan fingerprint density at radius 2 is 1.63 bits per heavy atom. The first-order valence-electron chi connectivity index (χ1n) is 10.3. The summed E-state index contributed by atoms with van der Waals surface area (Å²) in [6, 6.07) is 17.8. The lowest BCUT2D eigenvalue weighted by Crippen LogP contribution is -2.44. The van der Waals surface area contributed by atoms with E-state index in [0.29, 0.717) is 36.3 Å². The topological polar surface area (TPSA) is 84.6 Å². The Hall–Kier alpha value is -3.17. The lowest BCUT2D eigenvalue weighted by molar-refractivity contribution is 0.0559. The molecule has 154 valence electrons. The number of benzene rings is 2. The number of piperidine rings is 1. The van der Waals surface area contributed by atoms with Gasteiger partial charge in [-0.2, -0.15) is 5.26 Å². The number of carbonyl (C=O) groups is 2. The number of carbonyl (C=O) groups excluding carboxylic acids is 2. The van der Waals surface area contributed by atoms with Crippen molar-refractivity contribution in [3.05, 3.63) is 71.3 Å². The Morgan fingerprint density at radius 1 is 1.00 bits per heavy atom. The molecule has 2 amide bonds. The Morgan fingerprint density at radius 3 is 2.23 bits per heavy atom. The van der Waals surface area contributed by atoms with Crippen molar-refractivity contribution in [2.24, 2.45) is 5.41 Å². The van der Waals surface area contributed by atoms with Crippen LogP contribution in [-0.2, 0) is 0 Å². The predicted molar refractivity (Wildman–Crippen MR) is 112 cm³/mol. The summed E-state index contributed by atoms with van der Waals surface area (Å²) in [6.45, 7) is 1.83. The van der Waals surface area contributed by atoms with Crippen molar-refractivity contribution in [1.29, 1.82) is 5.26 Å². The molecule has 1 N–H and O–H groups in total. The van der Waals surface area contributed by atoms with E-state index in [0.717, 1.165) is 19.3 Å². The van der Waals surface area contributed by atoms with Crippen LogP contribution < -0.4 is 0 Å². The lowest BCUT2D eigenvalue weighted by atomic mass is 9.76. The minimum Gasteiger partial charge on any atom is -0.394 e. The summed E-state index contributed by atoms with van der Waals surface area (Å²) in [5.74, 6) is -0.0640. The third-order valence-corrected chi connectivity index (χ3v) is 6.48. The maximum atomic E-state index is 13.0. The number of hydrogen-bond acceptors (Lipinski definition) is 4. The zero-order chi connectivity index (χ0) is 21.1. The average Bonchev–Trinajstić information content (AvgIpc) is 3.17. The van der Waals surface area contributed by atoms with Gasteiger partial charge in [-0.25, -0.2) is 0 Å². The molecule has 2 aromatic carbocycles. The van der Waals surface area contributed by atoms with E-state index in [4.69, 9.17) is 5.26 Å². The Labute approximate surface area is 176 Å². The fraction of sp³-hybridized carbons (Fsp3) is 0.375. The highest BCUT2D eigenvalue weighted by atomic mass is 16.3. The van der Waals surface area contributed by atoms with Crippen LogP contribution in [-0.4, -0.2) is 59.0 Å². The molecular formula is C24H25N3O3. The summed E-state index contributed by atoms with van der Waals surface area (Å²) in [4.78, 5) is 29.5. The van der Waals surface area contributed by atoms with Gasteiger partial charge in [0.05, 0.1) is 24.3 Å². The highest BCUT2D eigenvalue weighted by molar-refractivity contribution is 5.95. The summed E-state index contributed by atoms with van der Waals surface area (Å²) in [5, 5.41) is 18.8.